The number of amides is 3. The predicted octanol–water partition coefficient (Wildman–Crippen LogP) is 6.82. The van der Waals surface area contributed by atoms with E-state index in [1.165, 1.54) is 24.4 Å². The maximum absolute atomic E-state index is 13.3. The van der Waals surface area contributed by atoms with E-state index in [9.17, 15) is 32.7 Å². The number of rotatable bonds is 13. The van der Waals surface area contributed by atoms with E-state index < -0.39 is 57.8 Å². The number of imide groups is 1. The fraction of sp³-hybridized carbons (Fsp3) is 0.375. The van der Waals surface area contributed by atoms with Crippen molar-refractivity contribution in [3.63, 3.8) is 0 Å². The van der Waals surface area contributed by atoms with Gasteiger partial charge in [-0.25, -0.2) is 27.8 Å². The van der Waals surface area contributed by atoms with E-state index in [1.807, 2.05) is 0 Å². The smallest absolute Gasteiger partial charge is 0.425 e. The first-order valence-corrected chi connectivity index (χ1v) is 19.5. The fourth-order valence-corrected chi connectivity index (χ4v) is 7.57. The van der Waals surface area contributed by atoms with Crippen LogP contribution in [0.15, 0.2) is 77.8 Å². The molecule has 0 aliphatic heterocycles. The van der Waals surface area contributed by atoms with Gasteiger partial charge in [-0.1, -0.05) is 12.1 Å². The van der Waals surface area contributed by atoms with E-state index in [2.05, 4.69) is 20.9 Å². The van der Waals surface area contributed by atoms with Gasteiger partial charge in [-0.15, -0.1) is 0 Å². The summed E-state index contributed by atoms with van der Waals surface area (Å²) in [5.41, 5.74) is -0.161. The van der Waals surface area contributed by atoms with Crippen LogP contribution in [0.3, 0.4) is 0 Å². The molecule has 4 aromatic rings. The van der Waals surface area contributed by atoms with Gasteiger partial charge in [0.25, 0.3) is 5.91 Å². The lowest BCUT2D eigenvalue weighted by Crippen LogP contribution is -2.44. The van der Waals surface area contributed by atoms with E-state index in [1.54, 1.807) is 97.1 Å². The van der Waals surface area contributed by atoms with E-state index in [4.69, 9.17) is 14.2 Å². The number of fused-ring (bicyclic) bond motifs is 1. The minimum absolute atomic E-state index is 0.0295. The molecule has 1 saturated carbocycles. The molecule has 5 rings (SSSR count). The van der Waals surface area contributed by atoms with Crippen LogP contribution in [-0.4, -0.2) is 72.7 Å². The summed E-state index contributed by atoms with van der Waals surface area (Å²) in [5, 5.41) is 19.5. The average Bonchev–Trinajstić information content (AvgIpc) is 3.95. The monoisotopic (exact) mass is 789 g/mol. The van der Waals surface area contributed by atoms with E-state index in [0.29, 0.717) is 52.7 Å². The molecule has 16 heteroatoms. The molecule has 0 saturated heterocycles. The number of hydrogen-bond donors (Lipinski definition) is 4. The number of carboxylic acid groups (broad SMARTS) is 1. The number of nitrogens with zero attached hydrogens (tertiary/aromatic N) is 2. The fourth-order valence-electron chi connectivity index (χ4n) is 5.70. The van der Waals surface area contributed by atoms with Gasteiger partial charge in [0.1, 0.15) is 17.0 Å². The Labute approximate surface area is 325 Å². The first kappa shape index (κ1) is 41.4. The van der Waals surface area contributed by atoms with Crippen molar-refractivity contribution < 1.29 is 46.9 Å². The van der Waals surface area contributed by atoms with Crippen molar-refractivity contribution in [2.75, 3.05) is 29.2 Å². The van der Waals surface area contributed by atoms with Crippen molar-refractivity contribution in [1.29, 1.82) is 0 Å². The topological polar surface area (TPSA) is 203 Å². The van der Waals surface area contributed by atoms with Gasteiger partial charge in [-0.05, 0) is 133 Å². The summed E-state index contributed by atoms with van der Waals surface area (Å²) in [6.45, 7) is 9.90. The Morgan fingerprint density at radius 1 is 0.893 bits per heavy atom. The number of carbonyl (C=O) groups excluding carboxylic acids is 3. The van der Waals surface area contributed by atoms with Crippen LogP contribution in [0.2, 0.25) is 0 Å². The molecule has 1 aliphatic rings. The Kier molecular flexibility index (Phi) is 12.2. The maximum Gasteiger partial charge on any atom is 0.425 e. The van der Waals surface area contributed by atoms with Crippen LogP contribution in [0, 0.1) is 0 Å². The minimum atomic E-state index is -3.44. The van der Waals surface area contributed by atoms with Crippen LogP contribution in [0.25, 0.3) is 10.8 Å². The molecular formula is C40H47N5O10S. The Bertz CT molecular complexity index is 2220. The van der Waals surface area contributed by atoms with Crippen molar-refractivity contribution >= 4 is 61.9 Å². The number of pyridine rings is 1. The van der Waals surface area contributed by atoms with Gasteiger partial charge in [0.15, 0.2) is 28.3 Å². The Hall–Kier alpha value is -5.74. The molecule has 4 N–H and O–H groups in total. The molecule has 15 nitrogen and oxygen atoms in total. The van der Waals surface area contributed by atoms with E-state index >= 15 is 0 Å². The zero-order chi connectivity index (χ0) is 41.0. The number of benzene rings is 3. The third-order valence-electron chi connectivity index (χ3n) is 8.21. The van der Waals surface area contributed by atoms with E-state index in [-0.39, 0.29) is 21.7 Å². The quantitative estimate of drug-likeness (QED) is 0.110. The highest BCUT2D eigenvalue weighted by Crippen LogP contribution is 2.36. The highest BCUT2D eigenvalue weighted by Gasteiger charge is 2.38. The van der Waals surface area contributed by atoms with Gasteiger partial charge in [0, 0.05) is 29.5 Å². The summed E-state index contributed by atoms with van der Waals surface area (Å²) >= 11 is 0. The maximum atomic E-state index is 13.3. The highest BCUT2D eigenvalue weighted by molar-refractivity contribution is 7.92. The minimum Gasteiger partial charge on any atom is -0.484 e. The second-order valence-corrected chi connectivity index (χ2v) is 17.5. The molecule has 56 heavy (non-hydrogen) atoms. The lowest BCUT2D eigenvalue weighted by Gasteiger charge is -2.28. The largest absolute Gasteiger partial charge is 0.484 e. The molecular weight excluding hydrogens is 743 g/mol. The number of anilines is 3. The van der Waals surface area contributed by atoms with Crippen LogP contribution >= 0.6 is 0 Å². The summed E-state index contributed by atoms with van der Waals surface area (Å²) in [6.07, 6.45) is 0.729. The summed E-state index contributed by atoms with van der Waals surface area (Å²) < 4.78 is 42.5. The van der Waals surface area contributed by atoms with Crippen molar-refractivity contribution in [3.8, 4) is 5.75 Å². The highest BCUT2D eigenvalue weighted by atomic mass is 32.2. The molecule has 298 valence electrons. The number of aromatic nitrogens is 1. The van der Waals surface area contributed by atoms with Gasteiger partial charge < -0.3 is 35.3 Å². The van der Waals surface area contributed by atoms with Gasteiger partial charge in [0.05, 0.1) is 10.1 Å². The van der Waals surface area contributed by atoms with Crippen molar-refractivity contribution in [2.24, 2.45) is 0 Å². The normalized spacial score (nSPS) is 13.7. The van der Waals surface area contributed by atoms with Crippen LogP contribution in [-0.2, 0) is 35.4 Å². The SMILES string of the molecule is CNCc1cc(NC(=O)COc2cccc(C(Nc3ccc4c(N(C(=O)OC(C)(C)C)C(=O)OC(C)(C)C)nccc4c3)C(=O)O)c2)ccc1S(=O)(=O)C1CC1. The second kappa shape index (κ2) is 16.5. The molecule has 0 spiro atoms. The molecule has 1 heterocycles. The lowest BCUT2D eigenvalue weighted by atomic mass is 10.1. The molecule has 1 aliphatic carbocycles. The zero-order valence-electron chi connectivity index (χ0n) is 32.3. The van der Waals surface area contributed by atoms with Crippen molar-refractivity contribution in [2.45, 2.75) is 88.3 Å². The number of ether oxygens (including phenoxy) is 3. The zero-order valence-corrected chi connectivity index (χ0v) is 33.2. The average molecular weight is 790 g/mol. The Morgan fingerprint density at radius 2 is 1.55 bits per heavy atom. The standard InChI is InChI=1S/C40H47N5O10S/c1-39(2,3)54-37(49)45(38(50)55-40(4,5)6)35-31-15-11-28(19-24(31)17-18-42-35)44-34(36(47)48)25-9-8-10-29(21-25)53-23-33(46)43-27-12-16-32(26(20-27)22-41-7)56(51,52)30-13-14-30/h8-12,15-21,30,34,41,44H,13-14,22-23H2,1-7H3,(H,43,46)(H,47,48). The van der Waals surface area contributed by atoms with Gasteiger partial charge in [-0.2, -0.15) is 4.90 Å². The molecule has 0 radical (unpaired) electrons. The third-order valence-corrected chi connectivity index (χ3v) is 10.6. The van der Waals surface area contributed by atoms with Crippen LogP contribution in [0.1, 0.15) is 71.6 Å². The Balaban J connectivity index is 1.31. The third kappa shape index (κ3) is 10.5. The van der Waals surface area contributed by atoms with Crippen molar-refractivity contribution in [3.05, 3.63) is 84.1 Å². The van der Waals surface area contributed by atoms with Gasteiger partial charge in [-0.3, -0.25) is 4.79 Å². The molecule has 1 atom stereocenters. The van der Waals surface area contributed by atoms with Crippen LogP contribution in [0.5, 0.6) is 5.75 Å². The number of nitrogens with one attached hydrogen (secondary N) is 3. The van der Waals surface area contributed by atoms with Crippen LogP contribution < -0.4 is 25.6 Å². The molecule has 1 unspecified atom stereocenters. The van der Waals surface area contributed by atoms with Gasteiger partial charge >= 0.3 is 18.2 Å². The molecule has 3 aromatic carbocycles. The van der Waals surface area contributed by atoms with E-state index in [0.717, 1.165) is 4.90 Å². The number of sulfone groups is 1. The number of hydrogen-bond acceptors (Lipinski definition) is 12. The summed E-state index contributed by atoms with van der Waals surface area (Å²) in [7, 11) is -1.73. The Morgan fingerprint density at radius 3 is 2.16 bits per heavy atom. The molecule has 1 aromatic heterocycles. The summed E-state index contributed by atoms with van der Waals surface area (Å²) in [6, 6.07) is 16.2. The lowest BCUT2D eigenvalue weighted by molar-refractivity contribution is -0.138. The first-order chi connectivity index (χ1) is 26.3. The predicted molar refractivity (Wildman–Crippen MR) is 211 cm³/mol. The molecule has 1 fully saturated rings. The number of carboxylic acids is 1. The van der Waals surface area contributed by atoms with Crippen LogP contribution in [0.4, 0.5) is 26.8 Å². The second-order valence-electron chi connectivity index (χ2n) is 15.3. The summed E-state index contributed by atoms with van der Waals surface area (Å²) in [5.74, 6) is -1.48. The van der Waals surface area contributed by atoms with Crippen molar-refractivity contribution in [1.82, 2.24) is 10.3 Å². The summed E-state index contributed by atoms with van der Waals surface area (Å²) in [4.78, 5) is 57.3. The number of aliphatic carboxylic acids is 1. The molecule has 0 bridgehead atoms. The molecule has 3 amide bonds. The number of carbonyl (C=O) groups is 4. The van der Waals surface area contributed by atoms with Gasteiger partial charge in [0.2, 0.25) is 0 Å². The first-order valence-electron chi connectivity index (χ1n) is 17.9.